The molecule has 0 unspecified atom stereocenters. The predicted molar refractivity (Wildman–Crippen MR) is 79.9 cm³/mol. The topological polar surface area (TPSA) is 43.8 Å². The molecule has 0 bridgehead atoms. The maximum Gasteiger partial charge on any atom is 0.140 e. The van der Waals surface area contributed by atoms with E-state index in [0.717, 1.165) is 34.2 Å². The second-order valence-corrected chi connectivity index (χ2v) is 5.12. The minimum absolute atomic E-state index is 0.765. The molecule has 5 heteroatoms. The van der Waals surface area contributed by atoms with Gasteiger partial charge in [-0.15, -0.1) is 0 Å². The van der Waals surface area contributed by atoms with Gasteiger partial charge in [0.2, 0.25) is 0 Å². The van der Waals surface area contributed by atoms with Crippen molar-refractivity contribution in [3.05, 3.63) is 60.4 Å². The van der Waals surface area contributed by atoms with Crippen molar-refractivity contribution in [3.63, 3.8) is 0 Å². The van der Waals surface area contributed by atoms with E-state index in [1.54, 1.807) is 0 Å². The van der Waals surface area contributed by atoms with Crippen molar-refractivity contribution in [2.75, 3.05) is 0 Å². The molecule has 0 aliphatic heterocycles. The van der Waals surface area contributed by atoms with Crippen LogP contribution in [0.15, 0.2) is 49.1 Å². The number of hydrogen-bond donors (Lipinski definition) is 0. The zero-order valence-corrected chi connectivity index (χ0v) is 11.8. The van der Waals surface area contributed by atoms with Gasteiger partial charge in [-0.25, -0.2) is 9.97 Å². The lowest BCUT2D eigenvalue weighted by molar-refractivity contribution is 0.482. The lowest BCUT2D eigenvalue weighted by Crippen LogP contribution is -1.89. The smallest absolute Gasteiger partial charge is 0.140 e. The van der Waals surface area contributed by atoms with Crippen LogP contribution in [0.25, 0.3) is 11.3 Å². The minimum atomic E-state index is 0.765. The van der Waals surface area contributed by atoms with Gasteiger partial charge in [0.25, 0.3) is 0 Å². The Balaban J connectivity index is 1.70. The van der Waals surface area contributed by atoms with E-state index >= 15 is 0 Å². The molecular formula is C16H14N4O. The molecule has 0 fully saturated rings. The average molecular weight is 278 g/mol. The molecule has 21 heavy (non-hydrogen) atoms. The number of pyridine rings is 2. The highest BCUT2D eigenvalue weighted by Crippen LogP contribution is 2.23. The van der Waals surface area contributed by atoms with E-state index in [9.17, 15) is 0 Å². The Morgan fingerprint density at radius 2 is 1.29 bits per heavy atom. The summed E-state index contributed by atoms with van der Waals surface area (Å²) in [6.07, 6.45) is 7.86. The molecule has 0 N–H and O–H groups in total. The molecule has 0 aromatic carbocycles. The van der Waals surface area contributed by atoms with Gasteiger partial charge in [0, 0.05) is 36.9 Å². The van der Waals surface area contributed by atoms with Crippen LogP contribution in [0.4, 0.5) is 0 Å². The zero-order valence-electron chi connectivity index (χ0n) is 11.8. The first-order valence-corrected chi connectivity index (χ1v) is 6.76. The van der Waals surface area contributed by atoms with Crippen LogP contribution in [0.3, 0.4) is 0 Å². The molecule has 0 saturated carbocycles. The summed E-state index contributed by atoms with van der Waals surface area (Å²) >= 11 is 0. The number of ether oxygens (including phenoxy) is 1. The van der Waals surface area contributed by atoms with Crippen LogP contribution >= 0.6 is 0 Å². The largest absolute Gasteiger partial charge is 0.457 e. The Labute approximate surface area is 121 Å². The van der Waals surface area contributed by atoms with Gasteiger partial charge in [-0.1, -0.05) is 0 Å². The zero-order chi connectivity index (χ0) is 14.4. The van der Waals surface area contributed by atoms with Gasteiger partial charge in [0.15, 0.2) is 0 Å². The fourth-order valence-electron chi connectivity index (χ4n) is 2.44. The molecule has 0 aliphatic rings. The number of hydrogen-bond acceptors (Lipinski definition) is 3. The Hall–Kier alpha value is -2.82. The fourth-order valence-corrected chi connectivity index (χ4v) is 2.44. The van der Waals surface area contributed by atoms with Gasteiger partial charge in [-0.3, -0.25) is 0 Å². The summed E-state index contributed by atoms with van der Waals surface area (Å²) in [5.41, 5.74) is 3.73. The summed E-state index contributed by atoms with van der Waals surface area (Å²) in [4.78, 5) is 8.87. The van der Waals surface area contributed by atoms with Crippen molar-refractivity contribution in [2.24, 2.45) is 0 Å². The maximum absolute atomic E-state index is 5.91. The van der Waals surface area contributed by atoms with E-state index < -0.39 is 0 Å². The van der Waals surface area contributed by atoms with Gasteiger partial charge < -0.3 is 13.5 Å². The van der Waals surface area contributed by atoms with Gasteiger partial charge in [-0.2, -0.15) is 0 Å². The molecule has 0 atom stereocenters. The number of nitrogens with zero attached hydrogens (tertiary/aromatic N) is 4. The van der Waals surface area contributed by atoms with E-state index in [1.807, 2.05) is 71.7 Å². The highest BCUT2D eigenvalue weighted by molar-refractivity contribution is 5.49. The third kappa shape index (κ3) is 2.12. The second-order valence-electron chi connectivity index (χ2n) is 5.12. The third-order valence-electron chi connectivity index (χ3n) is 3.34. The first kappa shape index (κ1) is 12.0. The molecule has 4 aromatic rings. The first-order chi connectivity index (χ1) is 10.2. The summed E-state index contributed by atoms with van der Waals surface area (Å²) in [5, 5.41) is 0. The van der Waals surface area contributed by atoms with E-state index in [1.165, 1.54) is 0 Å². The van der Waals surface area contributed by atoms with Gasteiger partial charge >= 0.3 is 0 Å². The molecule has 4 aromatic heterocycles. The minimum Gasteiger partial charge on any atom is -0.457 e. The van der Waals surface area contributed by atoms with Crippen molar-refractivity contribution in [2.45, 2.75) is 13.8 Å². The van der Waals surface area contributed by atoms with E-state index in [2.05, 4.69) is 9.97 Å². The monoisotopic (exact) mass is 278 g/mol. The summed E-state index contributed by atoms with van der Waals surface area (Å²) in [6, 6.07) is 7.70. The summed E-state index contributed by atoms with van der Waals surface area (Å²) < 4.78 is 9.86. The molecule has 104 valence electrons. The van der Waals surface area contributed by atoms with E-state index in [-0.39, 0.29) is 0 Å². The van der Waals surface area contributed by atoms with Crippen LogP contribution in [-0.4, -0.2) is 18.8 Å². The predicted octanol–water partition coefficient (Wildman–Crippen LogP) is 3.39. The Morgan fingerprint density at radius 3 is 1.76 bits per heavy atom. The average Bonchev–Trinajstić information content (AvgIpc) is 2.98. The number of rotatable bonds is 2. The van der Waals surface area contributed by atoms with Gasteiger partial charge in [0.05, 0.1) is 11.4 Å². The van der Waals surface area contributed by atoms with Gasteiger partial charge in [-0.05, 0) is 26.0 Å². The molecule has 4 rings (SSSR count). The molecular weight excluding hydrogens is 264 g/mol. The molecule has 0 saturated heterocycles. The number of aryl methyl sites for hydroxylation is 2. The standard InChI is InChI=1S/C16H14N4O/c1-11-9-19-5-3-13(7-15(19)17-11)21-14-4-6-20-10-12(2)18-16(20)8-14/h3-10H,1-2H3. The van der Waals surface area contributed by atoms with Crippen molar-refractivity contribution >= 4 is 11.3 Å². The summed E-state index contributed by atoms with van der Waals surface area (Å²) in [5.74, 6) is 1.53. The van der Waals surface area contributed by atoms with Crippen LogP contribution in [0.1, 0.15) is 11.4 Å². The molecule has 0 spiro atoms. The van der Waals surface area contributed by atoms with Crippen LogP contribution in [0, 0.1) is 13.8 Å². The first-order valence-electron chi connectivity index (χ1n) is 6.76. The molecule has 0 amide bonds. The van der Waals surface area contributed by atoms with Crippen LogP contribution in [0.5, 0.6) is 11.5 Å². The Bertz CT molecular complexity index is 873. The van der Waals surface area contributed by atoms with Crippen molar-refractivity contribution in [1.82, 2.24) is 18.8 Å². The lowest BCUT2D eigenvalue weighted by Gasteiger charge is -2.06. The van der Waals surface area contributed by atoms with Gasteiger partial charge in [0.1, 0.15) is 22.8 Å². The summed E-state index contributed by atoms with van der Waals surface area (Å²) in [6.45, 7) is 3.95. The highest BCUT2D eigenvalue weighted by atomic mass is 16.5. The van der Waals surface area contributed by atoms with E-state index in [4.69, 9.17) is 4.74 Å². The number of imidazole rings is 2. The SMILES string of the molecule is Cc1cn2ccc(Oc3ccn4cc(C)nc4c3)cc2n1. The third-order valence-corrected chi connectivity index (χ3v) is 3.34. The van der Waals surface area contributed by atoms with Crippen LogP contribution < -0.4 is 4.74 Å². The van der Waals surface area contributed by atoms with Crippen molar-refractivity contribution < 1.29 is 4.74 Å². The lowest BCUT2D eigenvalue weighted by atomic mass is 10.4. The Kier molecular flexibility index (Phi) is 2.47. The number of fused-ring (bicyclic) bond motifs is 2. The molecule has 5 nitrogen and oxygen atoms in total. The van der Waals surface area contributed by atoms with Crippen molar-refractivity contribution in [1.29, 1.82) is 0 Å². The van der Waals surface area contributed by atoms with Crippen molar-refractivity contribution in [3.8, 4) is 11.5 Å². The summed E-state index contributed by atoms with van der Waals surface area (Å²) in [7, 11) is 0. The normalized spacial score (nSPS) is 11.3. The fraction of sp³-hybridized carbons (Fsp3) is 0.125. The quantitative estimate of drug-likeness (QED) is 0.564. The molecule has 4 heterocycles. The Morgan fingerprint density at radius 1 is 0.810 bits per heavy atom. The molecule has 0 radical (unpaired) electrons. The highest BCUT2D eigenvalue weighted by Gasteiger charge is 2.04. The molecule has 0 aliphatic carbocycles. The van der Waals surface area contributed by atoms with Crippen LogP contribution in [0.2, 0.25) is 0 Å². The second kappa shape index (κ2) is 4.34. The maximum atomic E-state index is 5.91. The van der Waals surface area contributed by atoms with Crippen LogP contribution in [-0.2, 0) is 0 Å². The van der Waals surface area contributed by atoms with E-state index in [0.29, 0.717) is 0 Å². The number of aromatic nitrogens is 4.